The van der Waals surface area contributed by atoms with Gasteiger partial charge in [0.2, 0.25) is 0 Å². The Bertz CT molecular complexity index is 459. The third kappa shape index (κ3) is 3.26. The summed E-state index contributed by atoms with van der Waals surface area (Å²) in [5.74, 6) is 0.154. The molecule has 0 saturated carbocycles. The van der Waals surface area contributed by atoms with Crippen LogP contribution < -0.4 is 4.74 Å². The fourth-order valence-electron chi connectivity index (χ4n) is 2.75. The smallest absolute Gasteiger partial charge is 0.303 e. The molecule has 1 N–H and O–H groups in total. The number of ether oxygens (including phenoxy) is 1. The summed E-state index contributed by atoms with van der Waals surface area (Å²) in [6.07, 6.45) is 2.87. The Morgan fingerprint density at radius 2 is 2.32 bits per heavy atom. The van der Waals surface area contributed by atoms with Gasteiger partial charge in [-0.15, -0.1) is 0 Å². The molecule has 2 rings (SSSR count). The van der Waals surface area contributed by atoms with E-state index in [0.717, 1.165) is 25.1 Å². The SMILES string of the molecule is COc1ccc2c(c1)C(CCCC(=O)O)N(C)CC2. The number of methoxy groups -OCH3 is 1. The largest absolute Gasteiger partial charge is 0.497 e. The van der Waals surface area contributed by atoms with E-state index in [9.17, 15) is 4.79 Å². The van der Waals surface area contributed by atoms with Gasteiger partial charge in [-0.3, -0.25) is 9.69 Å². The Balaban J connectivity index is 2.16. The average Bonchev–Trinajstić information content (AvgIpc) is 2.40. The van der Waals surface area contributed by atoms with E-state index in [-0.39, 0.29) is 6.42 Å². The van der Waals surface area contributed by atoms with Crippen LogP contribution in [0.25, 0.3) is 0 Å². The molecule has 4 nitrogen and oxygen atoms in total. The number of benzene rings is 1. The lowest BCUT2D eigenvalue weighted by Crippen LogP contribution is -2.32. The van der Waals surface area contributed by atoms with Crippen molar-refractivity contribution in [1.82, 2.24) is 4.90 Å². The summed E-state index contributed by atoms with van der Waals surface area (Å²) in [5.41, 5.74) is 2.65. The van der Waals surface area contributed by atoms with Gasteiger partial charge >= 0.3 is 5.97 Å². The van der Waals surface area contributed by atoms with Gasteiger partial charge in [0, 0.05) is 19.0 Å². The maximum Gasteiger partial charge on any atom is 0.303 e. The monoisotopic (exact) mass is 263 g/mol. The number of likely N-dealkylation sites (N-methyl/N-ethyl adjacent to an activating group) is 1. The van der Waals surface area contributed by atoms with Crippen molar-refractivity contribution in [2.45, 2.75) is 31.7 Å². The minimum Gasteiger partial charge on any atom is -0.497 e. The first kappa shape index (κ1) is 13.9. The van der Waals surface area contributed by atoms with E-state index in [0.29, 0.717) is 12.5 Å². The third-order valence-electron chi connectivity index (χ3n) is 3.85. The van der Waals surface area contributed by atoms with Crippen LogP contribution in [-0.4, -0.2) is 36.7 Å². The summed E-state index contributed by atoms with van der Waals surface area (Å²) >= 11 is 0. The predicted molar refractivity (Wildman–Crippen MR) is 73.6 cm³/mol. The molecule has 104 valence electrons. The number of fused-ring (bicyclic) bond motifs is 1. The van der Waals surface area contributed by atoms with Crippen LogP contribution in [0.2, 0.25) is 0 Å². The summed E-state index contributed by atoms with van der Waals surface area (Å²) in [6.45, 7) is 1.02. The van der Waals surface area contributed by atoms with E-state index in [1.54, 1.807) is 7.11 Å². The molecule has 1 atom stereocenters. The molecule has 0 aliphatic carbocycles. The van der Waals surface area contributed by atoms with Gasteiger partial charge in [-0.05, 0) is 49.6 Å². The molecule has 0 bridgehead atoms. The Morgan fingerprint density at radius 1 is 1.53 bits per heavy atom. The molecule has 0 fully saturated rings. The number of hydrogen-bond donors (Lipinski definition) is 1. The Labute approximate surface area is 114 Å². The zero-order valence-electron chi connectivity index (χ0n) is 11.6. The predicted octanol–water partition coefficient (Wildman–Crippen LogP) is 2.48. The van der Waals surface area contributed by atoms with E-state index in [2.05, 4.69) is 24.1 Å². The van der Waals surface area contributed by atoms with Crippen molar-refractivity contribution in [2.75, 3.05) is 20.7 Å². The highest BCUT2D eigenvalue weighted by atomic mass is 16.5. The van der Waals surface area contributed by atoms with Crippen LogP contribution in [0.3, 0.4) is 0 Å². The molecule has 0 amide bonds. The van der Waals surface area contributed by atoms with Crippen molar-refractivity contribution >= 4 is 5.97 Å². The number of carbonyl (C=O) groups is 1. The van der Waals surface area contributed by atoms with Gasteiger partial charge in [0.05, 0.1) is 7.11 Å². The van der Waals surface area contributed by atoms with Crippen molar-refractivity contribution in [3.05, 3.63) is 29.3 Å². The van der Waals surface area contributed by atoms with Crippen LogP contribution in [0.15, 0.2) is 18.2 Å². The molecule has 0 spiro atoms. The van der Waals surface area contributed by atoms with E-state index in [4.69, 9.17) is 9.84 Å². The highest BCUT2D eigenvalue weighted by Crippen LogP contribution is 2.34. The Kier molecular flexibility index (Phi) is 4.43. The molecule has 19 heavy (non-hydrogen) atoms. The first-order chi connectivity index (χ1) is 9.11. The van der Waals surface area contributed by atoms with Gasteiger partial charge < -0.3 is 9.84 Å². The summed E-state index contributed by atoms with van der Waals surface area (Å²) in [6, 6.07) is 6.53. The lowest BCUT2D eigenvalue weighted by atomic mass is 9.90. The summed E-state index contributed by atoms with van der Waals surface area (Å²) in [5, 5.41) is 8.75. The van der Waals surface area contributed by atoms with Crippen molar-refractivity contribution in [2.24, 2.45) is 0 Å². The first-order valence-electron chi connectivity index (χ1n) is 6.70. The van der Waals surface area contributed by atoms with Gasteiger partial charge in [-0.2, -0.15) is 0 Å². The second-order valence-corrected chi connectivity index (χ2v) is 5.10. The molecule has 1 aromatic carbocycles. The third-order valence-corrected chi connectivity index (χ3v) is 3.85. The first-order valence-corrected chi connectivity index (χ1v) is 6.70. The lowest BCUT2D eigenvalue weighted by Gasteiger charge is -2.35. The molecule has 0 aromatic heterocycles. The van der Waals surface area contributed by atoms with Gasteiger partial charge in [0.1, 0.15) is 5.75 Å². The normalized spacial score (nSPS) is 18.9. The number of rotatable bonds is 5. The van der Waals surface area contributed by atoms with Gasteiger partial charge in [0.25, 0.3) is 0 Å². The zero-order valence-corrected chi connectivity index (χ0v) is 11.6. The summed E-state index contributed by atoms with van der Waals surface area (Å²) in [4.78, 5) is 12.9. The van der Waals surface area contributed by atoms with Crippen molar-refractivity contribution in [3.8, 4) is 5.75 Å². The van der Waals surface area contributed by atoms with Gasteiger partial charge in [-0.1, -0.05) is 6.07 Å². The molecule has 1 aliphatic rings. The molecule has 1 aliphatic heterocycles. The number of aliphatic carboxylic acids is 1. The lowest BCUT2D eigenvalue weighted by molar-refractivity contribution is -0.137. The molecule has 1 unspecified atom stereocenters. The zero-order chi connectivity index (χ0) is 13.8. The molecule has 0 radical (unpaired) electrons. The van der Waals surface area contributed by atoms with Crippen molar-refractivity contribution in [3.63, 3.8) is 0 Å². The van der Waals surface area contributed by atoms with Crippen LogP contribution in [0, 0.1) is 0 Å². The quantitative estimate of drug-likeness (QED) is 0.886. The van der Waals surface area contributed by atoms with Gasteiger partial charge in [-0.25, -0.2) is 0 Å². The number of nitrogens with zero attached hydrogens (tertiary/aromatic N) is 1. The molecular formula is C15H21NO3. The van der Waals surface area contributed by atoms with Crippen molar-refractivity contribution in [1.29, 1.82) is 0 Å². The molecule has 1 heterocycles. The number of hydrogen-bond acceptors (Lipinski definition) is 3. The Morgan fingerprint density at radius 3 is 3.00 bits per heavy atom. The second kappa shape index (κ2) is 6.06. The number of carboxylic acids is 1. The average molecular weight is 263 g/mol. The van der Waals surface area contributed by atoms with Crippen molar-refractivity contribution < 1.29 is 14.6 Å². The maximum atomic E-state index is 10.6. The fraction of sp³-hybridized carbons (Fsp3) is 0.533. The Hall–Kier alpha value is -1.55. The minimum absolute atomic E-state index is 0.240. The van der Waals surface area contributed by atoms with Crippen LogP contribution >= 0.6 is 0 Å². The topological polar surface area (TPSA) is 49.8 Å². The standard InChI is InChI=1S/C15H21NO3/c1-16-9-8-11-6-7-12(19-2)10-13(11)14(16)4-3-5-15(17)18/h6-7,10,14H,3-5,8-9H2,1-2H3,(H,17,18). The van der Waals surface area contributed by atoms with Crippen LogP contribution in [-0.2, 0) is 11.2 Å². The highest BCUT2D eigenvalue weighted by Gasteiger charge is 2.24. The molecule has 1 aromatic rings. The second-order valence-electron chi connectivity index (χ2n) is 5.10. The molecule has 4 heteroatoms. The van der Waals surface area contributed by atoms with E-state index < -0.39 is 5.97 Å². The van der Waals surface area contributed by atoms with Gasteiger partial charge in [0.15, 0.2) is 0 Å². The van der Waals surface area contributed by atoms with E-state index >= 15 is 0 Å². The minimum atomic E-state index is -0.718. The van der Waals surface area contributed by atoms with E-state index in [1.165, 1.54) is 11.1 Å². The maximum absolute atomic E-state index is 10.6. The number of carboxylic acid groups (broad SMARTS) is 1. The molecular weight excluding hydrogens is 242 g/mol. The van der Waals surface area contributed by atoms with Crippen LogP contribution in [0.1, 0.15) is 36.4 Å². The molecule has 0 saturated heterocycles. The fourth-order valence-corrected chi connectivity index (χ4v) is 2.75. The van der Waals surface area contributed by atoms with E-state index in [1.807, 2.05) is 6.07 Å². The van der Waals surface area contributed by atoms with Crippen LogP contribution in [0.5, 0.6) is 5.75 Å². The summed E-state index contributed by atoms with van der Waals surface area (Å²) in [7, 11) is 3.78. The van der Waals surface area contributed by atoms with Crippen LogP contribution in [0.4, 0.5) is 0 Å². The highest BCUT2D eigenvalue weighted by molar-refractivity contribution is 5.66. The summed E-state index contributed by atoms with van der Waals surface area (Å²) < 4.78 is 5.29.